The van der Waals surface area contributed by atoms with Gasteiger partial charge in [-0.1, -0.05) is 52.0 Å². The molecule has 2 atom stereocenters. The number of thioether (sulfide) groups is 1. The smallest absolute Gasteiger partial charge is 0.0670 e. The van der Waals surface area contributed by atoms with Gasteiger partial charge in [0.05, 0.1) is 6.10 Å². The Hall–Kier alpha value is -0.470. The van der Waals surface area contributed by atoms with Crippen LogP contribution >= 0.6 is 11.8 Å². The minimum atomic E-state index is -0.228. The van der Waals surface area contributed by atoms with Crippen LogP contribution in [-0.4, -0.2) is 22.2 Å². The molecule has 0 aliphatic rings. The van der Waals surface area contributed by atoms with E-state index in [1.54, 1.807) is 0 Å². The van der Waals surface area contributed by atoms with Gasteiger partial charge in [-0.05, 0) is 29.9 Å². The molecule has 0 aliphatic heterocycles. The molecule has 0 saturated heterocycles. The molecule has 0 bridgehead atoms. The molecule has 1 N–H and O–H groups in total. The molecule has 2 heteroatoms. The molecule has 102 valence electrons. The van der Waals surface area contributed by atoms with Gasteiger partial charge in [0.1, 0.15) is 0 Å². The molecule has 0 radical (unpaired) electrons. The highest BCUT2D eigenvalue weighted by Crippen LogP contribution is 2.18. The third-order valence-corrected chi connectivity index (χ3v) is 4.75. The Morgan fingerprint density at radius 3 is 2.22 bits per heavy atom. The van der Waals surface area contributed by atoms with Crippen LogP contribution in [0.4, 0.5) is 0 Å². The molecule has 0 aromatic heterocycles. The zero-order valence-corrected chi connectivity index (χ0v) is 12.8. The molecule has 1 aromatic rings. The lowest BCUT2D eigenvalue weighted by Gasteiger charge is -2.14. The van der Waals surface area contributed by atoms with Crippen LogP contribution in [0, 0.1) is 0 Å². The zero-order chi connectivity index (χ0) is 13.5. The zero-order valence-electron chi connectivity index (χ0n) is 12.0. The molecule has 0 aliphatic carbocycles. The number of aliphatic hydroxyl groups is 1. The number of rotatable bonds is 7. The number of aliphatic hydroxyl groups excluding tert-OH is 1. The lowest BCUT2D eigenvalue weighted by Crippen LogP contribution is -2.15. The highest BCUT2D eigenvalue weighted by Gasteiger charge is 2.08. The molecule has 1 aromatic carbocycles. The van der Waals surface area contributed by atoms with Gasteiger partial charge in [-0.25, -0.2) is 0 Å². The van der Waals surface area contributed by atoms with Crippen LogP contribution in [0.1, 0.15) is 51.2 Å². The van der Waals surface area contributed by atoms with E-state index in [0.717, 1.165) is 12.2 Å². The molecule has 1 nitrogen and oxygen atoms in total. The average molecular weight is 266 g/mol. The maximum atomic E-state index is 10.0. The van der Waals surface area contributed by atoms with Gasteiger partial charge in [-0.15, -0.1) is 0 Å². The minimum absolute atomic E-state index is 0.228. The van der Waals surface area contributed by atoms with Gasteiger partial charge in [-0.2, -0.15) is 11.8 Å². The fourth-order valence-corrected chi connectivity index (χ4v) is 2.67. The van der Waals surface area contributed by atoms with Crippen molar-refractivity contribution in [2.24, 2.45) is 0 Å². The standard InChI is InChI=1S/C16H26OS/c1-5-13(4)18-11-16(17)10-14-6-8-15(9-7-14)12(2)3/h6-9,12-13,16-17H,5,10-11H2,1-4H3. The van der Waals surface area contributed by atoms with Crippen molar-refractivity contribution in [3.05, 3.63) is 35.4 Å². The Kier molecular flexibility index (Phi) is 6.80. The van der Waals surface area contributed by atoms with Crippen LogP contribution in [0.25, 0.3) is 0 Å². The van der Waals surface area contributed by atoms with E-state index in [0.29, 0.717) is 11.2 Å². The monoisotopic (exact) mass is 266 g/mol. The topological polar surface area (TPSA) is 20.2 Å². The Bertz CT molecular complexity index is 331. The lowest BCUT2D eigenvalue weighted by atomic mass is 10.00. The summed E-state index contributed by atoms with van der Waals surface area (Å²) in [6, 6.07) is 8.64. The maximum absolute atomic E-state index is 10.0. The predicted molar refractivity (Wildman–Crippen MR) is 82.5 cm³/mol. The fraction of sp³-hybridized carbons (Fsp3) is 0.625. The summed E-state index contributed by atoms with van der Waals surface area (Å²) in [5.74, 6) is 1.41. The highest BCUT2D eigenvalue weighted by atomic mass is 32.2. The average Bonchev–Trinajstić information content (AvgIpc) is 2.36. The Balaban J connectivity index is 2.42. The first kappa shape index (κ1) is 15.6. The number of benzene rings is 1. The molecular weight excluding hydrogens is 240 g/mol. The van der Waals surface area contributed by atoms with Crippen molar-refractivity contribution in [1.29, 1.82) is 0 Å². The van der Waals surface area contributed by atoms with Gasteiger partial charge in [-0.3, -0.25) is 0 Å². The molecular formula is C16H26OS. The van der Waals surface area contributed by atoms with Gasteiger partial charge in [0.2, 0.25) is 0 Å². The maximum Gasteiger partial charge on any atom is 0.0670 e. The highest BCUT2D eigenvalue weighted by molar-refractivity contribution is 7.99. The van der Waals surface area contributed by atoms with Crippen molar-refractivity contribution >= 4 is 11.8 Å². The minimum Gasteiger partial charge on any atom is -0.392 e. The van der Waals surface area contributed by atoms with Crippen molar-refractivity contribution < 1.29 is 5.11 Å². The van der Waals surface area contributed by atoms with E-state index in [-0.39, 0.29) is 6.10 Å². The van der Waals surface area contributed by atoms with Crippen molar-refractivity contribution in [3.63, 3.8) is 0 Å². The molecule has 0 spiro atoms. The van der Waals surface area contributed by atoms with Crippen LogP contribution in [0.2, 0.25) is 0 Å². The molecule has 1 rings (SSSR count). The molecule has 0 amide bonds. The first-order chi connectivity index (χ1) is 8.52. The molecule has 2 unspecified atom stereocenters. The van der Waals surface area contributed by atoms with Gasteiger partial charge in [0.15, 0.2) is 0 Å². The Morgan fingerprint density at radius 1 is 1.11 bits per heavy atom. The summed E-state index contributed by atoms with van der Waals surface area (Å²) >= 11 is 1.86. The summed E-state index contributed by atoms with van der Waals surface area (Å²) in [5, 5.41) is 10.6. The van der Waals surface area contributed by atoms with Crippen molar-refractivity contribution in [1.82, 2.24) is 0 Å². The Labute approximate surface area is 116 Å². The van der Waals surface area contributed by atoms with E-state index >= 15 is 0 Å². The summed E-state index contributed by atoms with van der Waals surface area (Å²) in [4.78, 5) is 0. The molecule has 0 heterocycles. The second kappa shape index (κ2) is 7.85. The van der Waals surface area contributed by atoms with E-state index in [2.05, 4.69) is 52.0 Å². The molecule has 0 saturated carbocycles. The quantitative estimate of drug-likeness (QED) is 0.796. The van der Waals surface area contributed by atoms with Crippen LogP contribution in [0.15, 0.2) is 24.3 Å². The summed E-state index contributed by atoms with van der Waals surface area (Å²) < 4.78 is 0. The summed E-state index contributed by atoms with van der Waals surface area (Å²) in [5.41, 5.74) is 2.60. The Morgan fingerprint density at radius 2 is 1.72 bits per heavy atom. The largest absolute Gasteiger partial charge is 0.392 e. The molecule has 18 heavy (non-hydrogen) atoms. The van der Waals surface area contributed by atoms with Gasteiger partial charge >= 0.3 is 0 Å². The first-order valence-corrected chi connectivity index (χ1v) is 7.96. The van der Waals surface area contributed by atoms with Gasteiger partial charge < -0.3 is 5.11 Å². The van der Waals surface area contributed by atoms with E-state index in [1.165, 1.54) is 17.5 Å². The fourth-order valence-electron chi connectivity index (χ4n) is 1.76. The summed E-state index contributed by atoms with van der Waals surface area (Å²) in [6.07, 6.45) is 1.70. The lowest BCUT2D eigenvalue weighted by molar-refractivity contribution is 0.200. The van der Waals surface area contributed by atoms with Gasteiger partial charge in [0, 0.05) is 11.0 Å². The van der Waals surface area contributed by atoms with Crippen molar-refractivity contribution in [2.45, 2.75) is 57.8 Å². The summed E-state index contributed by atoms with van der Waals surface area (Å²) in [6.45, 7) is 8.81. The van der Waals surface area contributed by atoms with Crippen LogP contribution in [0.5, 0.6) is 0 Å². The van der Waals surface area contributed by atoms with Crippen molar-refractivity contribution in [2.75, 3.05) is 5.75 Å². The van der Waals surface area contributed by atoms with Crippen LogP contribution < -0.4 is 0 Å². The third-order valence-electron chi connectivity index (χ3n) is 3.27. The van der Waals surface area contributed by atoms with E-state index in [4.69, 9.17) is 0 Å². The third kappa shape index (κ3) is 5.45. The second-order valence-corrected chi connectivity index (χ2v) is 6.78. The SMILES string of the molecule is CCC(C)SCC(O)Cc1ccc(C(C)C)cc1. The predicted octanol–water partition coefficient (Wildman–Crippen LogP) is 4.25. The summed E-state index contributed by atoms with van der Waals surface area (Å²) in [7, 11) is 0. The number of hydrogen-bond acceptors (Lipinski definition) is 2. The van der Waals surface area contributed by atoms with E-state index in [1.807, 2.05) is 11.8 Å². The molecule has 0 fully saturated rings. The van der Waals surface area contributed by atoms with E-state index < -0.39 is 0 Å². The van der Waals surface area contributed by atoms with Gasteiger partial charge in [0.25, 0.3) is 0 Å². The van der Waals surface area contributed by atoms with Crippen LogP contribution in [-0.2, 0) is 6.42 Å². The number of hydrogen-bond donors (Lipinski definition) is 1. The normalized spacial score (nSPS) is 14.8. The van der Waals surface area contributed by atoms with Crippen LogP contribution in [0.3, 0.4) is 0 Å². The second-order valence-electron chi connectivity index (χ2n) is 5.31. The van der Waals surface area contributed by atoms with Crippen molar-refractivity contribution in [3.8, 4) is 0 Å². The van der Waals surface area contributed by atoms with E-state index in [9.17, 15) is 5.11 Å². The first-order valence-electron chi connectivity index (χ1n) is 6.91.